The molecule has 1 fully saturated rings. The van der Waals surface area contributed by atoms with Crippen LogP contribution in [-0.4, -0.2) is 60.0 Å². The SMILES string of the molecule is CN=C(NCc1cc(-c2ccccc2)no1)N1CCN(C(C)=O)CC1. The smallest absolute Gasteiger partial charge is 0.219 e. The van der Waals surface area contributed by atoms with E-state index in [1.165, 1.54) is 0 Å². The van der Waals surface area contributed by atoms with Crippen molar-refractivity contribution in [2.45, 2.75) is 13.5 Å². The Balaban J connectivity index is 1.56. The van der Waals surface area contributed by atoms with Crippen LogP contribution in [0.3, 0.4) is 0 Å². The van der Waals surface area contributed by atoms with Crippen LogP contribution in [0.2, 0.25) is 0 Å². The lowest BCUT2D eigenvalue weighted by molar-refractivity contribution is -0.130. The maximum atomic E-state index is 11.4. The van der Waals surface area contributed by atoms with E-state index in [4.69, 9.17) is 4.52 Å². The summed E-state index contributed by atoms with van der Waals surface area (Å²) in [4.78, 5) is 19.7. The average molecular weight is 341 g/mol. The van der Waals surface area contributed by atoms with Gasteiger partial charge in [0.05, 0.1) is 6.54 Å². The lowest BCUT2D eigenvalue weighted by atomic mass is 10.1. The Kier molecular flexibility index (Phi) is 5.33. The van der Waals surface area contributed by atoms with Crippen LogP contribution in [0.25, 0.3) is 11.3 Å². The van der Waals surface area contributed by atoms with Crippen molar-refractivity contribution in [1.29, 1.82) is 0 Å². The van der Waals surface area contributed by atoms with Crippen molar-refractivity contribution in [2.75, 3.05) is 33.2 Å². The van der Waals surface area contributed by atoms with Gasteiger partial charge in [-0.2, -0.15) is 0 Å². The first kappa shape index (κ1) is 17.0. The van der Waals surface area contributed by atoms with Crippen molar-refractivity contribution in [3.63, 3.8) is 0 Å². The summed E-state index contributed by atoms with van der Waals surface area (Å²) in [7, 11) is 1.76. The fourth-order valence-corrected chi connectivity index (χ4v) is 2.87. The first-order valence-electron chi connectivity index (χ1n) is 8.39. The Labute approximate surface area is 147 Å². The number of nitrogens with one attached hydrogen (secondary N) is 1. The molecule has 7 heteroatoms. The zero-order chi connectivity index (χ0) is 17.6. The van der Waals surface area contributed by atoms with E-state index in [9.17, 15) is 4.79 Å². The van der Waals surface area contributed by atoms with Crippen LogP contribution in [0.15, 0.2) is 45.9 Å². The molecule has 1 N–H and O–H groups in total. The number of rotatable bonds is 3. The van der Waals surface area contributed by atoms with Crippen LogP contribution in [0.1, 0.15) is 12.7 Å². The van der Waals surface area contributed by atoms with Crippen LogP contribution in [0.4, 0.5) is 0 Å². The molecule has 0 radical (unpaired) electrons. The van der Waals surface area contributed by atoms with Gasteiger partial charge in [-0.05, 0) is 0 Å². The topological polar surface area (TPSA) is 74.0 Å². The number of nitrogens with zero attached hydrogens (tertiary/aromatic N) is 4. The Bertz CT molecular complexity index is 733. The number of amides is 1. The third-order valence-corrected chi connectivity index (χ3v) is 4.29. The standard InChI is InChI=1S/C18H23N5O2/c1-14(24)22-8-10-23(11-9-22)18(19-2)20-13-16-12-17(21-25-16)15-6-4-3-5-7-15/h3-7,12H,8-11,13H2,1-2H3,(H,19,20). The molecule has 1 aromatic heterocycles. The number of aromatic nitrogens is 1. The molecule has 2 heterocycles. The minimum absolute atomic E-state index is 0.123. The summed E-state index contributed by atoms with van der Waals surface area (Å²) in [5.41, 5.74) is 1.85. The molecule has 1 aliphatic rings. The predicted octanol–water partition coefficient (Wildman–Crippen LogP) is 1.58. The molecule has 7 nitrogen and oxygen atoms in total. The van der Waals surface area contributed by atoms with E-state index in [0.29, 0.717) is 6.54 Å². The van der Waals surface area contributed by atoms with E-state index in [0.717, 1.165) is 49.2 Å². The molecule has 0 saturated carbocycles. The van der Waals surface area contributed by atoms with Crippen LogP contribution in [0.5, 0.6) is 0 Å². The molecule has 25 heavy (non-hydrogen) atoms. The van der Waals surface area contributed by atoms with Crippen molar-refractivity contribution in [3.05, 3.63) is 42.2 Å². The molecule has 1 saturated heterocycles. The number of carbonyl (C=O) groups is 1. The number of benzene rings is 1. The largest absolute Gasteiger partial charge is 0.359 e. The third-order valence-electron chi connectivity index (χ3n) is 4.29. The van der Waals surface area contributed by atoms with E-state index in [1.807, 2.05) is 41.3 Å². The number of hydrogen-bond acceptors (Lipinski definition) is 4. The summed E-state index contributed by atoms with van der Waals surface area (Å²) in [6.45, 7) is 5.10. The Hall–Kier alpha value is -2.83. The molecular weight excluding hydrogens is 318 g/mol. The van der Waals surface area contributed by atoms with Gasteiger partial charge in [-0.15, -0.1) is 0 Å². The maximum absolute atomic E-state index is 11.4. The van der Waals surface area contributed by atoms with E-state index >= 15 is 0 Å². The minimum atomic E-state index is 0.123. The zero-order valence-corrected chi connectivity index (χ0v) is 14.6. The molecule has 0 bridgehead atoms. The second-order valence-electron chi connectivity index (χ2n) is 5.94. The second kappa shape index (κ2) is 7.83. The van der Waals surface area contributed by atoms with Crippen molar-refractivity contribution < 1.29 is 9.32 Å². The summed E-state index contributed by atoms with van der Waals surface area (Å²) < 4.78 is 5.41. The highest BCUT2D eigenvalue weighted by Crippen LogP contribution is 2.18. The third kappa shape index (κ3) is 4.17. The van der Waals surface area contributed by atoms with Crippen molar-refractivity contribution in [1.82, 2.24) is 20.3 Å². The first-order valence-corrected chi connectivity index (χ1v) is 8.39. The lowest BCUT2D eigenvalue weighted by Crippen LogP contribution is -2.53. The van der Waals surface area contributed by atoms with E-state index < -0.39 is 0 Å². The van der Waals surface area contributed by atoms with Crippen LogP contribution in [0, 0.1) is 0 Å². The number of guanidine groups is 1. The van der Waals surface area contributed by atoms with Crippen molar-refractivity contribution in [2.24, 2.45) is 4.99 Å². The molecule has 0 unspecified atom stereocenters. The van der Waals surface area contributed by atoms with Crippen LogP contribution >= 0.6 is 0 Å². The van der Waals surface area contributed by atoms with E-state index in [-0.39, 0.29) is 5.91 Å². The molecule has 0 atom stereocenters. The Morgan fingerprint density at radius 3 is 2.52 bits per heavy atom. The minimum Gasteiger partial charge on any atom is -0.359 e. The molecule has 0 aliphatic carbocycles. The van der Waals surface area contributed by atoms with Crippen LogP contribution in [-0.2, 0) is 11.3 Å². The molecular formula is C18H23N5O2. The monoisotopic (exact) mass is 341 g/mol. The maximum Gasteiger partial charge on any atom is 0.219 e. The van der Waals surface area contributed by atoms with E-state index in [1.54, 1.807) is 14.0 Å². The molecule has 1 aliphatic heterocycles. The number of piperazine rings is 1. The van der Waals surface area contributed by atoms with Gasteiger partial charge in [0.25, 0.3) is 0 Å². The highest BCUT2D eigenvalue weighted by Gasteiger charge is 2.21. The van der Waals surface area contributed by atoms with Gasteiger partial charge in [0.2, 0.25) is 5.91 Å². The van der Waals surface area contributed by atoms with Crippen molar-refractivity contribution in [3.8, 4) is 11.3 Å². The summed E-state index contributed by atoms with van der Waals surface area (Å²) in [5, 5.41) is 7.42. The molecule has 1 amide bonds. The predicted molar refractivity (Wildman–Crippen MR) is 96.0 cm³/mol. The van der Waals surface area contributed by atoms with Crippen LogP contribution < -0.4 is 5.32 Å². The fourth-order valence-electron chi connectivity index (χ4n) is 2.87. The lowest BCUT2D eigenvalue weighted by Gasteiger charge is -2.35. The highest BCUT2D eigenvalue weighted by molar-refractivity contribution is 5.80. The van der Waals surface area contributed by atoms with Gasteiger partial charge in [-0.25, -0.2) is 0 Å². The zero-order valence-electron chi connectivity index (χ0n) is 14.6. The summed E-state index contributed by atoms with van der Waals surface area (Å²) >= 11 is 0. The summed E-state index contributed by atoms with van der Waals surface area (Å²) in [5.74, 6) is 1.68. The summed E-state index contributed by atoms with van der Waals surface area (Å²) in [6, 6.07) is 11.9. The van der Waals surface area contributed by atoms with Gasteiger partial charge in [-0.1, -0.05) is 35.5 Å². The number of hydrogen-bond donors (Lipinski definition) is 1. The van der Waals surface area contributed by atoms with Gasteiger partial charge in [0.1, 0.15) is 5.69 Å². The van der Waals surface area contributed by atoms with Gasteiger partial charge >= 0.3 is 0 Å². The fraction of sp³-hybridized carbons (Fsp3) is 0.389. The Morgan fingerprint density at radius 2 is 1.88 bits per heavy atom. The normalized spacial score (nSPS) is 15.4. The second-order valence-corrected chi connectivity index (χ2v) is 5.94. The number of carbonyl (C=O) groups excluding carboxylic acids is 1. The van der Waals surface area contributed by atoms with Gasteiger partial charge in [0, 0.05) is 51.8 Å². The van der Waals surface area contributed by atoms with Gasteiger partial charge in [-0.3, -0.25) is 9.79 Å². The van der Waals surface area contributed by atoms with E-state index in [2.05, 4.69) is 20.4 Å². The number of aliphatic imine (C=N–C) groups is 1. The van der Waals surface area contributed by atoms with Gasteiger partial charge < -0.3 is 19.6 Å². The first-order chi connectivity index (χ1) is 12.2. The molecule has 3 rings (SSSR count). The Morgan fingerprint density at radius 1 is 1.20 bits per heavy atom. The summed E-state index contributed by atoms with van der Waals surface area (Å²) in [6.07, 6.45) is 0. The average Bonchev–Trinajstić information content (AvgIpc) is 3.12. The molecule has 2 aromatic rings. The quantitative estimate of drug-likeness (QED) is 0.678. The molecule has 0 spiro atoms. The highest BCUT2D eigenvalue weighted by atomic mass is 16.5. The molecule has 132 valence electrons. The molecule has 1 aromatic carbocycles. The van der Waals surface area contributed by atoms with Gasteiger partial charge in [0.15, 0.2) is 11.7 Å². The van der Waals surface area contributed by atoms with Crippen molar-refractivity contribution >= 4 is 11.9 Å².